The highest BCUT2D eigenvalue weighted by molar-refractivity contribution is 5.85. The van der Waals surface area contributed by atoms with Crippen LogP contribution in [0.2, 0.25) is 0 Å². The quantitative estimate of drug-likeness (QED) is 0.826. The molecule has 7 heteroatoms. The number of aromatic nitrogens is 4. The summed E-state index contributed by atoms with van der Waals surface area (Å²) in [6.45, 7) is 4.21. The molecule has 0 fully saturated rings. The summed E-state index contributed by atoms with van der Waals surface area (Å²) in [5, 5.41) is 20.6. The van der Waals surface area contributed by atoms with Crippen molar-refractivity contribution in [1.29, 1.82) is 0 Å². The molecule has 2 aromatic heterocycles. The summed E-state index contributed by atoms with van der Waals surface area (Å²) in [5.41, 5.74) is 0.989. The van der Waals surface area contributed by atoms with Crippen molar-refractivity contribution in [3.63, 3.8) is 0 Å². The molecule has 0 atom stereocenters. The highest BCUT2D eigenvalue weighted by Gasteiger charge is 2.00. The van der Waals surface area contributed by atoms with Gasteiger partial charge in [0, 0.05) is 25.0 Å². The van der Waals surface area contributed by atoms with E-state index in [0.29, 0.717) is 13.1 Å². The van der Waals surface area contributed by atoms with E-state index in [9.17, 15) is 0 Å². The minimum Gasteiger partial charge on any atom is -0.394 e. The van der Waals surface area contributed by atoms with Gasteiger partial charge < -0.3 is 10.4 Å². The molecule has 0 saturated heterocycles. The molecule has 2 heterocycles. The van der Waals surface area contributed by atoms with E-state index < -0.39 is 0 Å². The molecular weight excluding hydrogens is 254 g/mol. The Morgan fingerprint density at radius 3 is 2.67 bits per heavy atom. The molecule has 0 radical (unpaired) electrons. The van der Waals surface area contributed by atoms with Gasteiger partial charge in [-0.15, -0.1) is 12.4 Å². The summed E-state index contributed by atoms with van der Waals surface area (Å²) in [6, 6.07) is 3.87. The fourth-order valence-electron chi connectivity index (χ4n) is 1.54. The van der Waals surface area contributed by atoms with Gasteiger partial charge in [-0.1, -0.05) is 0 Å². The van der Waals surface area contributed by atoms with Gasteiger partial charge in [0.05, 0.1) is 25.4 Å². The Balaban J connectivity index is 0.00000162. The van der Waals surface area contributed by atoms with Gasteiger partial charge in [-0.05, 0) is 13.0 Å². The van der Waals surface area contributed by atoms with Gasteiger partial charge in [-0.3, -0.25) is 9.36 Å². The van der Waals surface area contributed by atoms with Crippen LogP contribution in [0, 0.1) is 0 Å². The van der Waals surface area contributed by atoms with Crippen molar-refractivity contribution >= 4 is 18.2 Å². The van der Waals surface area contributed by atoms with Gasteiger partial charge in [0.1, 0.15) is 5.82 Å². The highest BCUT2D eigenvalue weighted by atomic mass is 35.5. The third-order valence-electron chi connectivity index (χ3n) is 2.44. The minimum atomic E-state index is 0. The van der Waals surface area contributed by atoms with Crippen molar-refractivity contribution in [2.75, 3.05) is 11.9 Å². The van der Waals surface area contributed by atoms with Gasteiger partial charge in [-0.25, -0.2) is 0 Å². The monoisotopic (exact) mass is 271 g/mol. The molecule has 6 nitrogen and oxygen atoms in total. The second-order valence-corrected chi connectivity index (χ2v) is 3.70. The van der Waals surface area contributed by atoms with Crippen LogP contribution in [0.5, 0.6) is 0 Å². The van der Waals surface area contributed by atoms with E-state index in [2.05, 4.69) is 22.4 Å². The molecular formula is C11H18ClN5O. The largest absolute Gasteiger partial charge is 0.394 e. The van der Waals surface area contributed by atoms with Crippen LogP contribution in [0.3, 0.4) is 0 Å². The summed E-state index contributed by atoms with van der Waals surface area (Å²) in [4.78, 5) is 0. The number of hydrogen-bond acceptors (Lipinski definition) is 4. The molecule has 18 heavy (non-hydrogen) atoms. The molecule has 0 saturated carbocycles. The predicted octanol–water partition coefficient (Wildman–Crippen LogP) is 1.13. The zero-order valence-electron chi connectivity index (χ0n) is 10.3. The normalized spacial score (nSPS) is 10.1. The van der Waals surface area contributed by atoms with Crippen LogP contribution in [-0.4, -0.2) is 31.3 Å². The Morgan fingerprint density at radius 2 is 2.00 bits per heavy atom. The van der Waals surface area contributed by atoms with Crippen LogP contribution < -0.4 is 5.32 Å². The Morgan fingerprint density at radius 1 is 1.22 bits per heavy atom. The molecule has 0 aliphatic rings. The first-order valence-electron chi connectivity index (χ1n) is 5.72. The lowest BCUT2D eigenvalue weighted by Gasteiger charge is -2.00. The smallest absolute Gasteiger partial charge is 0.148 e. The minimum absolute atomic E-state index is 0. The van der Waals surface area contributed by atoms with Crippen LogP contribution >= 0.6 is 12.4 Å². The molecule has 2 aromatic rings. The molecule has 0 unspecified atom stereocenters. The average molecular weight is 272 g/mol. The molecule has 0 aliphatic heterocycles. The maximum absolute atomic E-state index is 8.77. The van der Waals surface area contributed by atoms with Gasteiger partial charge in [-0.2, -0.15) is 10.2 Å². The Labute approximate surface area is 112 Å². The predicted molar refractivity (Wildman–Crippen MR) is 71.8 cm³/mol. The zero-order valence-corrected chi connectivity index (χ0v) is 11.1. The summed E-state index contributed by atoms with van der Waals surface area (Å²) >= 11 is 0. The fraction of sp³-hybridized carbons (Fsp3) is 0.455. The molecule has 0 spiro atoms. The maximum atomic E-state index is 8.77. The van der Waals surface area contributed by atoms with Crippen LogP contribution in [0.25, 0.3) is 0 Å². The standard InChI is InChI=1S/C11H17N5O.ClH/c1-2-15-5-3-10(13-15)9-12-11-4-6-16(14-11)7-8-17;/h3-6,17H,2,7-9H2,1H3,(H,12,14);1H. The van der Waals surface area contributed by atoms with Gasteiger partial charge in [0.25, 0.3) is 0 Å². The van der Waals surface area contributed by atoms with E-state index in [4.69, 9.17) is 5.11 Å². The molecule has 0 bridgehead atoms. The van der Waals surface area contributed by atoms with Gasteiger partial charge in [0.15, 0.2) is 0 Å². The van der Waals surface area contributed by atoms with Crippen molar-refractivity contribution in [3.8, 4) is 0 Å². The first-order valence-corrected chi connectivity index (χ1v) is 5.72. The van der Waals surface area contributed by atoms with Crippen molar-refractivity contribution in [2.45, 2.75) is 26.6 Å². The second-order valence-electron chi connectivity index (χ2n) is 3.70. The van der Waals surface area contributed by atoms with Crippen molar-refractivity contribution < 1.29 is 5.11 Å². The number of halogens is 1. The molecule has 0 amide bonds. The maximum Gasteiger partial charge on any atom is 0.148 e. The van der Waals surface area contributed by atoms with Crippen LogP contribution in [-0.2, 0) is 19.6 Å². The lowest BCUT2D eigenvalue weighted by atomic mass is 10.4. The van der Waals surface area contributed by atoms with E-state index in [-0.39, 0.29) is 19.0 Å². The van der Waals surface area contributed by atoms with Crippen LogP contribution in [0.15, 0.2) is 24.5 Å². The van der Waals surface area contributed by atoms with Crippen LogP contribution in [0.4, 0.5) is 5.82 Å². The fourth-order valence-corrected chi connectivity index (χ4v) is 1.54. The van der Waals surface area contributed by atoms with Crippen molar-refractivity contribution in [3.05, 3.63) is 30.2 Å². The zero-order chi connectivity index (χ0) is 12.1. The summed E-state index contributed by atoms with van der Waals surface area (Å²) < 4.78 is 3.59. The van der Waals surface area contributed by atoms with E-state index >= 15 is 0 Å². The van der Waals surface area contributed by atoms with Crippen molar-refractivity contribution in [2.24, 2.45) is 0 Å². The lowest BCUT2D eigenvalue weighted by Crippen LogP contribution is -2.05. The van der Waals surface area contributed by atoms with Gasteiger partial charge in [0.2, 0.25) is 0 Å². The topological polar surface area (TPSA) is 67.9 Å². The SMILES string of the molecule is CCn1ccc(CNc2ccn(CCO)n2)n1.Cl. The van der Waals surface area contributed by atoms with E-state index in [1.54, 1.807) is 4.68 Å². The summed E-state index contributed by atoms with van der Waals surface area (Å²) in [6.07, 6.45) is 3.80. The first-order chi connectivity index (χ1) is 8.31. The average Bonchev–Trinajstić information content (AvgIpc) is 2.95. The molecule has 0 aliphatic carbocycles. The highest BCUT2D eigenvalue weighted by Crippen LogP contribution is 2.05. The number of aliphatic hydroxyl groups excluding tert-OH is 1. The Hall–Kier alpha value is -1.53. The Bertz CT molecular complexity index is 467. The third kappa shape index (κ3) is 3.75. The van der Waals surface area contributed by atoms with Gasteiger partial charge >= 0.3 is 0 Å². The number of hydrogen-bond donors (Lipinski definition) is 2. The second kappa shape index (κ2) is 7.03. The van der Waals surface area contributed by atoms with E-state index in [1.807, 2.05) is 29.2 Å². The molecule has 100 valence electrons. The van der Waals surface area contributed by atoms with Crippen molar-refractivity contribution in [1.82, 2.24) is 19.6 Å². The molecule has 2 rings (SSSR count). The van der Waals surface area contributed by atoms with E-state index in [0.717, 1.165) is 18.1 Å². The summed E-state index contributed by atoms with van der Waals surface area (Å²) in [7, 11) is 0. The molecule has 0 aromatic carbocycles. The van der Waals surface area contributed by atoms with E-state index in [1.165, 1.54) is 0 Å². The number of nitrogens with zero attached hydrogens (tertiary/aromatic N) is 4. The third-order valence-corrected chi connectivity index (χ3v) is 2.44. The number of rotatable bonds is 6. The number of nitrogens with one attached hydrogen (secondary N) is 1. The number of anilines is 1. The van der Waals surface area contributed by atoms with Crippen LogP contribution in [0.1, 0.15) is 12.6 Å². The Kier molecular flexibility index (Phi) is 5.67. The summed E-state index contributed by atoms with van der Waals surface area (Å²) in [5.74, 6) is 0.796. The molecule has 2 N–H and O–H groups in total. The lowest BCUT2D eigenvalue weighted by molar-refractivity contribution is 0.269. The first kappa shape index (κ1) is 14.5. The number of aliphatic hydroxyl groups is 1. The number of aryl methyl sites for hydroxylation is 1.